The Morgan fingerprint density at radius 2 is 1.93 bits per heavy atom. The largest absolute Gasteiger partial charge is 0.452 e. The number of rotatable bonds is 5. The number of carbonyl (C=O) groups is 2. The fourth-order valence-electron chi connectivity index (χ4n) is 2.93. The normalized spacial score (nSPS) is 10.6. The molecule has 0 aliphatic heterocycles. The van der Waals surface area contributed by atoms with Crippen molar-refractivity contribution in [1.82, 2.24) is 4.98 Å². The molecule has 0 aliphatic rings. The zero-order valence-corrected chi connectivity index (χ0v) is 15.8. The monoisotopic (exact) mass is 382 g/mol. The summed E-state index contributed by atoms with van der Waals surface area (Å²) in [6, 6.07) is 14.2. The van der Waals surface area contributed by atoms with Crippen LogP contribution in [0.4, 0.5) is 5.69 Å². The molecule has 1 heterocycles. The summed E-state index contributed by atoms with van der Waals surface area (Å²) in [6.07, 6.45) is 0.701. The molecule has 3 rings (SSSR count). The number of hydrogen-bond acceptors (Lipinski definition) is 4. The summed E-state index contributed by atoms with van der Waals surface area (Å²) in [7, 11) is 0. The quantitative estimate of drug-likeness (QED) is 0.657. The lowest BCUT2D eigenvalue weighted by atomic mass is 10.0. The number of ether oxygens (including phenoxy) is 1. The van der Waals surface area contributed by atoms with Crippen molar-refractivity contribution in [3.63, 3.8) is 0 Å². The Balaban J connectivity index is 1.78. The fourth-order valence-corrected chi connectivity index (χ4v) is 3.12. The Hall–Kier alpha value is -2.92. The molecule has 1 aromatic heterocycles. The second-order valence-electron chi connectivity index (χ2n) is 6.06. The molecule has 2 aromatic carbocycles. The minimum absolute atomic E-state index is 0.386. The van der Waals surface area contributed by atoms with Crippen LogP contribution in [0.3, 0.4) is 0 Å². The van der Waals surface area contributed by atoms with Gasteiger partial charge in [0.1, 0.15) is 0 Å². The van der Waals surface area contributed by atoms with E-state index in [0.29, 0.717) is 28.1 Å². The van der Waals surface area contributed by atoms with Gasteiger partial charge in [0, 0.05) is 21.8 Å². The highest BCUT2D eigenvalue weighted by molar-refractivity contribution is 6.30. The van der Waals surface area contributed by atoms with Gasteiger partial charge in [-0.15, -0.1) is 0 Å². The topological polar surface area (TPSA) is 68.3 Å². The predicted octanol–water partition coefficient (Wildman–Crippen LogP) is 4.55. The smallest absolute Gasteiger partial charge is 0.339 e. The molecule has 1 N–H and O–H groups in total. The lowest BCUT2D eigenvalue weighted by Crippen LogP contribution is -2.21. The van der Waals surface area contributed by atoms with Gasteiger partial charge in [-0.2, -0.15) is 0 Å². The first-order valence-corrected chi connectivity index (χ1v) is 8.98. The lowest BCUT2D eigenvalue weighted by Gasteiger charge is -2.13. The first-order valence-electron chi connectivity index (χ1n) is 8.60. The Labute approximate surface area is 162 Å². The van der Waals surface area contributed by atoms with Gasteiger partial charge in [-0.05, 0) is 43.2 Å². The average Bonchev–Trinajstić information content (AvgIpc) is 2.65. The average molecular weight is 383 g/mol. The van der Waals surface area contributed by atoms with E-state index in [1.165, 1.54) is 0 Å². The highest BCUT2D eigenvalue weighted by Gasteiger charge is 2.19. The number of nitrogens with one attached hydrogen (secondary N) is 1. The van der Waals surface area contributed by atoms with Crippen LogP contribution in [0.1, 0.15) is 28.5 Å². The predicted molar refractivity (Wildman–Crippen MR) is 106 cm³/mol. The molecule has 0 bridgehead atoms. The molecule has 0 unspecified atom stereocenters. The first-order chi connectivity index (χ1) is 13.0. The number of esters is 1. The summed E-state index contributed by atoms with van der Waals surface area (Å²) in [4.78, 5) is 29.4. The molecule has 3 aromatic rings. The van der Waals surface area contributed by atoms with Crippen LogP contribution in [0.5, 0.6) is 0 Å². The van der Waals surface area contributed by atoms with Gasteiger partial charge in [0.15, 0.2) is 6.61 Å². The second kappa shape index (κ2) is 8.18. The maximum atomic E-state index is 12.7. The van der Waals surface area contributed by atoms with Crippen molar-refractivity contribution in [3.05, 3.63) is 70.4 Å². The summed E-state index contributed by atoms with van der Waals surface area (Å²) in [5, 5.41) is 3.88. The molecule has 6 heteroatoms. The summed E-state index contributed by atoms with van der Waals surface area (Å²) in [6.45, 7) is 3.45. The highest BCUT2D eigenvalue weighted by atomic mass is 35.5. The van der Waals surface area contributed by atoms with Gasteiger partial charge in [-0.25, -0.2) is 4.79 Å². The van der Waals surface area contributed by atoms with E-state index in [2.05, 4.69) is 10.3 Å². The van der Waals surface area contributed by atoms with Crippen molar-refractivity contribution < 1.29 is 14.3 Å². The minimum Gasteiger partial charge on any atom is -0.452 e. The molecule has 138 valence electrons. The van der Waals surface area contributed by atoms with Crippen LogP contribution in [0, 0.1) is 6.92 Å². The van der Waals surface area contributed by atoms with E-state index in [9.17, 15) is 9.59 Å². The van der Waals surface area contributed by atoms with Gasteiger partial charge in [-0.3, -0.25) is 9.78 Å². The summed E-state index contributed by atoms with van der Waals surface area (Å²) in [5.41, 5.74) is 3.34. The van der Waals surface area contributed by atoms with Crippen molar-refractivity contribution in [1.29, 1.82) is 0 Å². The third kappa shape index (κ3) is 4.26. The van der Waals surface area contributed by atoms with E-state index in [4.69, 9.17) is 16.3 Å². The molecular formula is C21H19ClN2O3. The molecule has 0 atom stereocenters. The number of para-hydroxylation sites is 1. The summed E-state index contributed by atoms with van der Waals surface area (Å²) >= 11 is 5.89. The number of anilines is 1. The SMILES string of the molecule is CCc1nc2ccccc2c(C(=O)OCC(=O)Nc2cccc(Cl)c2)c1C. The van der Waals surface area contributed by atoms with Gasteiger partial charge in [0.05, 0.1) is 11.1 Å². The number of hydrogen-bond donors (Lipinski definition) is 1. The zero-order valence-electron chi connectivity index (χ0n) is 15.1. The van der Waals surface area contributed by atoms with E-state index in [1.54, 1.807) is 24.3 Å². The maximum absolute atomic E-state index is 12.7. The van der Waals surface area contributed by atoms with Crippen LogP contribution in [-0.4, -0.2) is 23.5 Å². The summed E-state index contributed by atoms with van der Waals surface area (Å²) in [5.74, 6) is -0.973. The van der Waals surface area contributed by atoms with E-state index in [-0.39, 0.29) is 6.61 Å². The Morgan fingerprint density at radius 1 is 1.15 bits per heavy atom. The molecule has 0 fully saturated rings. The van der Waals surface area contributed by atoms with Crippen LogP contribution in [0.15, 0.2) is 48.5 Å². The number of amides is 1. The van der Waals surface area contributed by atoms with Crippen LogP contribution in [0.25, 0.3) is 10.9 Å². The highest BCUT2D eigenvalue weighted by Crippen LogP contribution is 2.24. The van der Waals surface area contributed by atoms with Crippen molar-refractivity contribution in [2.75, 3.05) is 11.9 Å². The van der Waals surface area contributed by atoms with Crippen molar-refractivity contribution >= 4 is 40.1 Å². The number of halogens is 1. The Morgan fingerprint density at radius 3 is 2.67 bits per heavy atom. The fraction of sp³-hybridized carbons (Fsp3) is 0.190. The summed E-state index contributed by atoms with van der Waals surface area (Å²) < 4.78 is 5.27. The van der Waals surface area contributed by atoms with Gasteiger partial charge in [0.25, 0.3) is 5.91 Å². The number of benzene rings is 2. The van der Waals surface area contributed by atoms with Crippen molar-refractivity contribution in [2.45, 2.75) is 20.3 Å². The number of aromatic nitrogens is 1. The molecule has 0 saturated carbocycles. The van der Waals surface area contributed by atoms with E-state index >= 15 is 0 Å². The van der Waals surface area contributed by atoms with Gasteiger partial charge in [0.2, 0.25) is 0 Å². The van der Waals surface area contributed by atoms with Gasteiger partial charge < -0.3 is 10.1 Å². The maximum Gasteiger partial charge on any atom is 0.339 e. The number of pyridine rings is 1. The van der Waals surface area contributed by atoms with Crippen LogP contribution in [-0.2, 0) is 16.0 Å². The molecule has 0 spiro atoms. The molecule has 0 radical (unpaired) electrons. The molecular weight excluding hydrogens is 364 g/mol. The standard InChI is InChI=1S/C21H19ClN2O3/c1-3-17-13(2)20(16-9-4-5-10-18(16)24-17)21(26)27-12-19(25)23-15-8-6-7-14(22)11-15/h4-11H,3,12H2,1-2H3,(H,23,25). The van der Waals surface area contributed by atoms with E-state index < -0.39 is 11.9 Å². The van der Waals surface area contributed by atoms with Gasteiger partial charge >= 0.3 is 5.97 Å². The molecule has 0 saturated heterocycles. The Kier molecular flexibility index (Phi) is 5.72. The van der Waals surface area contributed by atoms with Crippen molar-refractivity contribution in [2.24, 2.45) is 0 Å². The zero-order chi connectivity index (χ0) is 19.4. The molecule has 5 nitrogen and oxygen atoms in total. The third-order valence-electron chi connectivity index (χ3n) is 4.22. The number of nitrogens with zero attached hydrogens (tertiary/aromatic N) is 1. The van der Waals surface area contributed by atoms with Crippen molar-refractivity contribution in [3.8, 4) is 0 Å². The van der Waals surface area contributed by atoms with Crippen LogP contribution >= 0.6 is 11.6 Å². The first kappa shape index (κ1) is 18.9. The second-order valence-corrected chi connectivity index (χ2v) is 6.50. The lowest BCUT2D eigenvalue weighted by molar-refractivity contribution is -0.119. The number of fused-ring (bicyclic) bond motifs is 1. The Bertz CT molecular complexity index is 1020. The van der Waals surface area contributed by atoms with Crippen LogP contribution < -0.4 is 5.32 Å². The van der Waals surface area contributed by atoms with E-state index in [1.807, 2.05) is 38.1 Å². The molecule has 27 heavy (non-hydrogen) atoms. The number of carbonyl (C=O) groups excluding carboxylic acids is 2. The molecule has 0 aliphatic carbocycles. The molecule has 1 amide bonds. The third-order valence-corrected chi connectivity index (χ3v) is 4.45. The minimum atomic E-state index is -0.540. The number of aryl methyl sites for hydroxylation is 1. The van der Waals surface area contributed by atoms with E-state index in [0.717, 1.165) is 16.8 Å². The van der Waals surface area contributed by atoms with Crippen LogP contribution in [0.2, 0.25) is 5.02 Å². The van der Waals surface area contributed by atoms with Gasteiger partial charge in [-0.1, -0.05) is 42.8 Å².